The quantitative estimate of drug-likeness (QED) is 0.628. The van der Waals surface area contributed by atoms with Crippen molar-refractivity contribution in [1.29, 1.82) is 0 Å². The topological polar surface area (TPSA) is 41.5 Å². The third kappa shape index (κ3) is 3.16. The van der Waals surface area contributed by atoms with Gasteiger partial charge in [-0.25, -0.2) is 4.99 Å². The number of hydrogen-bond donors (Lipinski definition) is 1. The summed E-state index contributed by atoms with van der Waals surface area (Å²) in [5.41, 5.74) is 4.15. The Morgan fingerprint density at radius 3 is 2.42 bits per heavy atom. The third-order valence-electron chi connectivity index (χ3n) is 4.41. The highest BCUT2D eigenvalue weighted by molar-refractivity contribution is 8.18. The lowest BCUT2D eigenvalue weighted by molar-refractivity contribution is -0.115. The molecule has 0 unspecified atom stereocenters. The van der Waals surface area contributed by atoms with Crippen LogP contribution in [0.1, 0.15) is 16.7 Å². The Morgan fingerprint density at radius 2 is 1.62 bits per heavy atom. The van der Waals surface area contributed by atoms with E-state index in [1.165, 1.54) is 11.8 Å². The molecule has 1 aliphatic rings. The van der Waals surface area contributed by atoms with E-state index in [4.69, 9.17) is 0 Å². The number of benzene rings is 3. The number of fused-ring (bicyclic) bond motifs is 1. The molecule has 1 heterocycles. The smallest absolute Gasteiger partial charge is 0.264 e. The minimum absolute atomic E-state index is 0.104. The molecule has 3 aromatic rings. The van der Waals surface area contributed by atoms with Gasteiger partial charge in [0, 0.05) is 0 Å². The summed E-state index contributed by atoms with van der Waals surface area (Å²) in [5.74, 6) is -0.104. The van der Waals surface area contributed by atoms with E-state index in [9.17, 15) is 4.79 Å². The number of carbonyl (C=O) groups is 1. The van der Waals surface area contributed by atoms with Gasteiger partial charge in [-0.2, -0.15) is 0 Å². The summed E-state index contributed by atoms with van der Waals surface area (Å²) < 4.78 is 0. The van der Waals surface area contributed by atoms with Crippen molar-refractivity contribution in [2.24, 2.45) is 4.99 Å². The van der Waals surface area contributed by atoms with Crippen molar-refractivity contribution in [3.05, 3.63) is 82.3 Å². The van der Waals surface area contributed by atoms with Crippen molar-refractivity contribution < 1.29 is 4.79 Å². The molecule has 0 spiro atoms. The predicted molar refractivity (Wildman–Crippen MR) is 111 cm³/mol. The van der Waals surface area contributed by atoms with E-state index in [1.807, 2.05) is 62.4 Å². The van der Waals surface area contributed by atoms with Crippen molar-refractivity contribution in [3.8, 4) is 0 Å². The highest BCUT2D eigenvalue weighted by Crippen LogP contribution is 2.31. The van der Waals surface area contributed by atoms with Gasteiger partial charge in [-0.15, -0.1) is 0 Å². The van der Waals surface area contributed by atoms with Crippen molar-refractivity contribution in [3.63, 3.8) is 0 Å². The van der Waals surface area contributed by atoms with Crippen molar-refractivity contribution in [1.82, 2.24) is 5.32 Å². The molecule has 0 atom stereocenters. The van der Waals surface area contributed by atoms with Gasteiger partial charge in [-0.1, -0.05) is 60.7 Å². The number of nitrogens with one attached hydrogen (secondary N) is 1. The second kappa shape index (κ2) is 6.81. The number of carbonyl (C=O) groups excluding carboxylic acids is 1. The first kappa shape index (κ1) is 16.6. The van der Waals surface area contributed by atoms with E-state index in [2.05, 4.69) is 28.5 Å². The molecule has 4 rings (SSSR count). The molecule has 128 valence electrons. The van der Waals surface area contributed by atoms with Gasteiger partial charge in [0.2, 0.25) is 0 Å². The number of aryl methyl sites for hydroxylation is 2. The molecule has 3 aromatic carbocycles. The van der Waals surface area contributed by atoms with Crippen molar-refractivity contribution in [2.45, 2.75) is 13.8 Å². The lowest BCUT2D eigenvalue weighted by atomic mass is 10.0. The molecule has 1 fully saturated rings. The molecule has 3 nitrogen and oxygen atoms in total. The van der Waals surface area contributed by atoms with Crippen LogP contribution in [0.4, 0.5) is 5.69 Å². The molecule has 1 aliphatic heterocycles. The van der Waals surface area contributed by atoms with Crippen LogP contribution < -0.4 is 5.32 Å². The number of thioether (sulfide) groups is 1. The first-order chi connectivity index (χ1) is 12.6. The van der Waals surface area contributed by atoms with Gasteiger partial charge < -0.3 is 5.32 Å². The molecule has 0 radical (unpaired) electrons. The average molecular weight is 358 g/mol. The van der Waals surface area contributed by atoms with Gasteiger partial charge >= 0.3 is 0 Å². The Bertz CT molecular complexity index is 1060. The fourth-order valence-corrected chi connectivity index (χ4v) is 3.90. The van der Waals surface area contributed by atoms with E-state index in [0.717, 1.165) is 33.2 Å². The first-order valence-electron chi connectivity index (χ1n) is 8.45. The van der Waals surface area contributed by atoms with Gasteiger partial charge in [0.05, 0.1) is 10.6 Å². The number of rotatable bonds is 2. The summed E-state index contributed by atoms with van der Waals surface area (Å²) in [6.45, 7) is 4.06. The molecule has 4 heteroatoms. The van der Waals surface area contributed by atoms with E-state index in [-0.39, 0.29) is 5.91 Å². The van der Waals surface area contributed by atoms with Crippen LogP contribution in [0, 0.1) is 13.8 Å². The van der Waals surface area contributed by atoms with Crippen LogP contribution in [0.2, 0.25) is 0 Å². The van der Waals surface area contributed by atoms with E-state index in [0.29, 0.717) is 10.1 Å². The second-order valence-corrected chi connectivity index (χ2v) is 7.32. The van der Waals surface area contributed by atoms with Crippen LogP contribution in [-0.4, -0.2) is 11.1 Å². The standard InChI is InChI=1S/C22H18N2OS/c1-14-7-5-8-15(2)20(14)23-22-24-21(25)19(26-22)13-17-11-6-10-16-9-3-4-12-18(16)17/h3-13H,1-2H3,(H,23,24,25)/b19-13+. The Kier molecular flexibility index (Phi) is 4.35. The Labute approximate surface area is 156 Å². The summed E-state index contributed by atoms with van der Waals surface area (Å²) in [7, 11) is 0. The summed E-state index contributed by atoms with van der Waals surface area (Å²) in [5, 5.41) is 5.80. The Hall–Kier alpha value is -2.85. The van der Waals surface area contributed by atoms with Crippen LogP contribution in [0.5, 0.6) is 0 Å². The minimum atomic E-state index is -0.104. The molecule has 1 N–H and O–H groups in total. The molecule has 0 saturated carbocycles. The summed E-state index contributed by atoms with van der Waals surface area (Å²) >= 11 is 1.38. The van der Waals surface area contributed by atoms with Gasteiger partial charge in [0.15, 0.2) is 5.17 Å². The average Bonchev–Trinajstić information content (AvgIpc) is 2.98. The monoisotopic (exact) mass is 358 g/mol. The minimum Gasteiger partial charge on any atom is -0.300 e. The van der Waals surface area contributed by atoms with E-state index >= 15 is 0 Å². The maximum Gasteiger partial charge on any atom is 0.264 e. The molecular weight excluding hydrogens is 340 g/mol. The fourth-order valence-electron chi connectivity index (χ4n) is 3.08. The zero-order valence-corrected chi connectivity index (χ0v) is 15.4. The highest BCUT2D eigenvalue weighted by atomic mass is 32.2. The Balaban J connectivity index is 1.70. The molecular formula is C22H18N2OS. The van der Waals surface area contributed by atoms with Gasteiger partial charge in [0.25, 0.3) is 5.91 Å². The van der Waals surface area contributed by atoms with Gasteiger partial charge in [0.1, 0.15) is 0 Å². The lowest BCUT2D eigenvalue weighted by Gasteiger charge is -2.04. The molecule has 0 aliphatic carbocycles. The molecule has 26 heavy (non-hydrogen) atoms. The first-order valence-corrected chi connectivity index (χ1v) is 9.27. The zero-order valence-electron chi connectivity index (χ0n) is 14.6. The number of amidine groups is 1. The Morgan fingerprint density at radius 1 is 0.923 bits per heavy atom. The van der Waals surface area contributed by atoms with Crippen LogP contribution in [0.15, 0.2) is 70.6 Å². The second-order valence-electron chi connectivity index (χ2n) is 6.29. The van der Waals surface area contributed by atoms with Gasteiger partial charge in [-0.05, 0) is 59.1 Å². The lowest BCUT2D eigenvalue weighted by Crippen LogP contribution is -2.19. The van der Waals surface area contributed by atoms with E-state index in [1.54, 1.807) is 0 Å². The zero-order chi connectivity index (χ0) is 18.1. The summed E-state index contributed by atoms with van der Waals surface area (Å²) in [6.07, 6.45) is 1.94. The van der Waals surface area contributed by atoms with Crippen LogP contribution in [0.3, 0.4) is 0 Å². The summed E-state index contributed by atoms with van der Waals surface area (Å²) in [4.78, 5) is 17.7. The molecule has 0 bridgehead atoms. The molecule has 1 amide bonds. The number of aliphatic imine (C=N–C) groups is 1. The summed E-state index contributed by atoms with van der Waals surface area (Å²) in [6, 6.07) is 20.4. The highest BCUT2D eigenvalue weighted by Gasteiger charge is 2.24. The van der Waals surface area contributed by atoms with Crippen LogP contribution in [0.25, 0.3) is 16.8 Å². The predicted octanol–water partition coefficient (Wildman–Crippen LogP) is 5.35. The number of nitrogens with zero attached hydrogens (tertiary/aromatic N) is 1. The SMILES string of the molecule is Cc1cccc(C)c1N=C1NC(=O)/C(=C\c2cccc3ccccc23)S1. The molecule has 1 saturated heterocycles. The van der Waals surface area contributed by atoms with Crippen LogP contribution >= 0.6 is 11.8 Å². The van der Waals surface area contributed by atoms with Crippen molar-refractivity contribution >= 4 is 45.4 Å². The van der Waals surface area contributed by atoms with Crippen LogP contribution in [-0.2, 0) is 4.79 Å². The third-order valence-corrected chi connectivity index (χ3v) is 5.32. The maximum atomic E-state index is 12.4. The normalized spacial score (nSPS) is 17.2. The van der Waals surface area contributed by atoms with E-state index < -0.39 is 0 Å². The maximum absolute atomic E-state index is 12.4. The van der Waals surface area contributed by atoms with Gasteiger partial charge in [-0.3, -0.25) is 4.79 Å². The number of amides is 1. The fraction of sp³-hybridized carbons (Fsp3) is 0.0909. The number of hydrogen-bond acceptors (Lipinski definition) is 3. The number of para-hydroxylation sites is 1. The van der Waals surface area contributed by atoms with Crippen molar-refractivity contribution in [2.75, 3.05) is 0 Å². The molecule has 0 aromatic heterocycles. The largest absolute Gasteiger partial charge is 0.300 e.